The number of urea groups is 1. The number of fused-ring (bicyclic) bond motifs is 1. The van der Waals surface area contributed by atoms with Crippen molar-refractivity contribution in [3.05, 3.63) is 96.0 Å². The Morgan fingerprint density at radius 1 is 0.812 bits per heavy atom. The van der Waals surface area contributed by atoms with Gasteiger partial charge in [0.05, 0.1) is 28.9 Å². The summed E-state index contributed by atoms with van der Waals surface area (Å²) in [6, 6.07) is 14.8. The van der Waals surface area contributed by atoms with Gasteiger partial charge in [0.2, 0.25) is 0 Å². The van der Waals surface area contributed by atoms with E-state index in [0.717, 1.165) is 6.26 Å². The van der Waals surface area contributed by atoms with Gasteiger partial charge in [-0.05, 0) is 66.7 Å². The zero-order valence-corrected chi connectivity index (χ0v) is 25.6. The predicted octanol–water partition coefficient (Wildman–Crippen LogP) is 7.45. The Hall–Kier alpha value is -5.16. The molecule has 0 aliphatic heterocycles. The number of aromatic nitrogens is 2. The van der Waals surface area contributed by atoms with Gasteiger partial charge in [-0.1, -0.05) is 6.07 Å². The fourth-order valence-corrected chi connectivity index (χ4v) is 5.05. The van der Waals surface area contributed by atoms with Crippen LogP contribution in [0.5, 0.6) is 0 Å². The monoisotopic (exact) mass is 692 g/mol. The van der Waals surface area contributed by atoms with E-state index in [4.69, 9.17) is 4.42 Å². The van der Waals surface area contributed by atoms with Gasteiger partial charge in [-0.25, -0.2) is 23.2 Å². The molecule has 0 fully saturated rings. The first-order valence-corrected chi connectivity index (χ1v) is 16.1. The van der Waals surface area contributed by atoms with E-state index in [1.165, 1.54) is 18.5 Å². The van der Waals surface area contributed by atoms with Crippen LogP contribution in [0.15, 0.2) is 83.5 Å². The number of alkyl halides is 6. The highest BCUT2D eigenvalue weighted by molar-refractivity contribution is 7.90. The molecule has 0 unspecified atom stereocenters. The van der Waals surface area contributed by atoms with E-state index in [1.54, 1.807) is 36.4 Å². The average Bonchev–Trinajstić information content (AvgIpc) is 3.47. The number of hydrogen-bond acceptors (Lipinski definition) is 8. The first-order valence-electron chi connectivity index (χ1n) is 14.0. The molecule has 0 radical (unpaired) electrons. The van der Waals surface area contributed by atoms with Crippen molar-refractivity contribution in [2.75, 3.05) is 34.5 Å². The molecule has 0 saturated heterocycles. The summed E-state index contributed by atoms with van der Waals surface area (Å²) in [7, 11) is -3.09. The van der Waals surface area contributed by atoms with Gasteiger partial charge in [0.15, 0.2) is 0 Å². The molecular formula is C31H26F6N6O4S. The van der Waals surface area contributed by atoms with E-state index in [0.29, 0.717) is 58.2 Å². The molecule has 252 valence electrons. The molecule has 10 nitrogen and oxygen atoms in total. The summed E-state index contributed by atoms with van der Waals surface area (Å²) in [5.74, 6) is 1.54. The number of hydrogen-bond donors (Lipinski definition) is 4. The highest BCUT2D eigenvalue weighted by Gasteiger charge is 2.37. The lowest BCUT2D eigenvalue weighted by molar-refractivity contribution is -0.143. The Bertz CT molecular complexity index is 2030. The van der Waals surface area contributed by atoms with Crippen molar-refractivity contribution < 1.29 is 44.0 Å². The van der Waals surface area contributed by atoms with Crippen LogP contribution in [-0.4, -0.2) is 43.0 Å². The fraction of sp³-hybridized carbons (Fsp3) is 0.194. The van der Waals surface area contributed by atoms with E-state index in [-0.39, 0.29) is 24.1 Å². The predicted molar refractivity (Wildman–Crippen MR) is 167 cm³/mol. The van der Waals surface area contributed by atoms with Gasteiger partial charge >= 0.3 is 18.4 Å². The third-order valence-corrected chi connectivity index (χ3v) is 7.70. The van der Waals surface area contributed by atoms with E-state index in [2.05, 4.69) is 25.9 Å². The standard InChI is InChI=1S/C31H26F6N6O4S/c1-48(45,46)10-9-38-16-24-6-8-27(47-24)18-5-7-26-25(11-18)28(40-17-39-26)41-21-3-2-4-22(15-21)42-29(44)43-23-13-19(30(32,33)34)12-20(14-23)31(35,36)37/h2-8,11-15,17,38H,9-10,16H2,1H3,(H,39,40,41)(H2,42,43,44). The minimum atomic E-state index is -5.07. The second-order valence-corrected chi connectivity index (χ2v) is 12.9. The fourth-order valence-electron chi connectivity index (χ4n) is 4.54. The molecule has 0 spiro atoms. The molecule has 0 atom stereocenters. The maximum Gasteiger partial charge on any atom is 0.416 e. The summed E-state index contributed by atoms with van der Waals surface area (Å²) >= 11 is 0. The summed E-state index contributed by atoms with van der Waals surface area (Å²) in [5.41, 5.74) is -1.91. The quantitative estimate of drug-likeness (QED) is 0.0875. The molecular weight excluding hydrogens is 666 g/mol. The molecule has 4 N–H and O–H groups in total. The van der Waals surface area contributed by atoms with Crippen molar-refractivity contribution in [1.29, 1.82) is 0 Å². The first-order chi connectivity index (χ1) is 22.5. The van der Waals surface area contributed by atoms with Gasteiger partial charge in [0.1, 0.15) is 33.5 Å². The number of anilines is 4. The van der Waals surface area contributed by atoms with Crippen LogP contribution >= 0.6 is 0 Å². The first kappa shape index (κ1) is 34.2. The molecule has 48 heavy (non-hydrogen) atoms. The van der Waals surface area contributed by atoms with Gasteiger partial charge in [-0.3, -0.25) is 0 Å². The molecule has 2 heterocycles. The molecule has 17 heteroatoms. The number of carbonyl (C=O) groups is 1. The van der Waals surface area contributed by atoms with Crippen LogP contribution in [0.25, 0.3) is 22.2 Å². The second-order valence-electron chi connectivity index (χ2n) is 10.6. The summed E-state index contributed by atoms with van der Waals surface area (Å²) < 4.78 is 108. The average molecular weight is 693 g/mol. The summed E-state index contributed by atoms with van der Waals surface area (Å²) in [6.07, 6.45) is -7.63. The summed E-state index contributed by atoms with van der Waals surface area (Å²) in [4.78, 5) is 21.2. The minimum Gasteiger partial charge on any atom is -0.460 e. The van der Waals surface area contributed by atoms with Gasteiger partial charge in [0.25, 0.3) is 0 Å². The highest BCUT2D eigenvalue weighted by Crippen LogP contribution is 2.38. The van der Waals surface area contributed by atoms with Crippen molar-refractivity contribution >= 4 is 49.7 Å². The summed E-state index contributed by atoms with van der Waals surface area (Å²) in [5, 5.41) is 11.2. The number of nitrogens with one attached hydrogen (secondary N) is 4. The lowest BCUT2D eigenvalue weighted by Gasteiger charge is -2.15. The Morgan fingerprint density at radius 3 is 2.19 bits per heavy atom. The molecule has 5 rings (SSSR count). The third-order valence-electron chi connectivity index (χ3n) is 6.76. The normalized spacial score (nSPS) is 12.2. The topological polar surface area (TPSA) is 138 Å². The number of carbonyl (C=O) groups excluding carboxylic acids is 1. The van der Waals surface area contributed by atoms with Crippen LogP contribution in [-0.2, 0) is 28.7 Å². The van der Waals surface area contributed by atoms with Gasteiger partial charge in [-0.15, -0.1) is 0 Å². The second kappa shape index (κ2) is 13.5. The largest absolute Gasteiger partial charge is 0.460 e. The lowest BCUT2D eigenvalue weighted by Crippen LogP contribution is -2.21. The Balaban J connectivity index is 1.30. The van der Waals surface area contributed by atoms with Crippen LogP contribution in [0.4, 0.5) is 54.0 Å². The number of halogens is 6. The number of furan rings is 1. The zero-order chi connectivity index (χ0) is 34.7. The molecule has 2 amide bonds. The molecule has 0 aliphatic rings. The van der Waals surface area contributed by atoms with Crippen molar-refractivity contribution in [2.24, 2.45) is 0 Å². The van der Waals surface area contributed by atoms with Crippen LogP contribution in [0.2, 0.25) is 0 Å². The Morgan fingerprint density at radius 2 is 1.50 bits per heavy atom. The van der Waals surface area contributed by atoms with Crippen molar-refractivity contribution in [2.45, 2.75) is 18.9 Å². The van der Waals surface area contributed by atoms with Gasteiger partial charge in [-0.2, -0.15) is 26.3 Å². The molecule has 0 saturated carbocycles. The molecule has 0 aliphatic carbocycles. The van der Waals surface area contributed by atoms with Crippen molar-refractivity contribution in [1.82, 2.24) is 15.3 Å². The van der Waals surface area contributed by atoms with Gasteiger partial charge in [0, 0.05) is 40.8 Å². The Labute approximate surface area is 269 Å². The Kier molecular flexibility index (Phi) is 9.63. The van der Waals surface area contributed by atoms with Crippen LogP contribution in [0, 0.1) is 0 Å². The molecule has 3 aromatic carbocycles. The van der Waals surface area contributed by atoms with E-state index in [1.807, 2.05) is 11.4 Å². The SMILES string of the molecule is CS(=O)(=O)CCNCc1ccc(-c2ccc3ncnc(Nc4cccc(NC(=O)Nc5cc(C(F)(F)F)cc(C(F)(F)F)c5)c4)c3c2)o1. The lowest BCUT2D eigenvalue weighted by atomic mass is 10.1. The van der Waals surface area contributed by atoms with Crippen molar-refractivity contribution in [3.63, 3.8) is 0 Å². The van der Waals surface area contributed by atoms with Crippen LogP contribution in [0.1, 0.15) is 16.9 Å². The maximum atomic E-state index is 13.2. The van der Waals surface area contributed by atoms with Crippen LogP contribution < -0.4 is 21.3 Å². The van der Waals surface area contributed by atoms with Gasteiger partial charge < -0.3 is 25.7 Å². The highest BCUT2D eigenvalue weighted by atomic mass is 32.2. The number of amides is 2. The molecule has 2 aromatic heterocycles. The number of nitrogens with zero attached hydrogens (tertiary/aromatic N) is 2. The van der Waals surface area contributed by atoms with E-state index >= 15 is 0 Å². The minimum absolute atomic E-state index is 0.000870. The van der Waals surface area contributed by atoms with Crippen LogP contribution in [0.3, 0.4) is 0 Å². The van der Waals surface area contributed by atoms with E-state index < -0.39 is 45.0 Å². The molecule has 5 aromatic rings. The molecule has 0 bridgehead atoms. The number of benzene rings is 3. The summed E-state index contributed by atoms with van der Waals surface area (Å²) in [6.45, 7) is 0.604. The third kappa shape index (κ3) is 9.01. The number of sulfone groups is 1. The van der Waals surface area contributed by atoms with Crippen molar-refractivity contribution in [3.8, 4) is 11.3 Å². The number of rotatable bonds is 10. The smallest absolute Gasteiger partial charge is 0.416 e. The zero-order valence-electron chi connectivity index (χ0n) is 24.8. The maximum absolute atomic E-state index is 13.2. The van der Waals surface area contributed by atoms with E-state index in [9.17, 15) is 39.6 Å².